The molecule has 3 nitrogen and oxygen atoms in total. The van der Waals surface area contributed by atoms with Crippen molar-refractivity contribution < 1.29 is 14.6 Å². The lowest BCUT2D eigenvalue weighted by Crippen LogP contribution is -2.33. The summed E-state index contributed by atoms with van der Waals surface area (Å²) in [6.07, 6.45) is -0.224. The first-order valence-corrected chi connectivity index (χ1v) is 4.94. The SMILES string of the molecule is COC(=O)C1(C)Cc2ccccc2C1O. The summed E-state index contributed by atoms with van der Waals surface area (Å²) in [5.74, 6) is -0.355. The molecular weight excluding hydrogens is 192 g/mol. The van der Waals surface area contributed by atoms with E-state index in [0.29, 0.717) is 6.42 Å². The highest BCUT2D eigenvalue weighted by Crippen LogP contribution is 2.45. The fourth-order valence-electron chi connectivity index (χ4n) is 2.21. The number of carbonyl (C=O) groups excluding carboxylic acids is 1. The van der Waals surface area contributed by atoms with Crippen molar-refractivity contribution >= 4 is 5.97 Å². The maximum absolute atomic E-state index is 11.6. The van der Waals surface area contributed by atoms with Crippen LogP contribution >= 0.6 is 0 Å². The van der Waals surface area contributed by atoms with Crippen LogP contribution in [0.4, 0.5) is 0 Å². The zero-order chi connectivity index (χ0) is 11.1. The maximum Gasteiger partial charge on any atom is 0.314 e. The van der Waals surface area contributed by atoms with Crippen LogP contribution in [0.3, 0.4) is 0 Å². The van der Waals surface area contributed by atoms with Gasteiger partial charge in [-0.25, -0.2) is 0 Å². The standard InChI is InChI=1S/C12H14O3/c1-12(11(14)15-2)7-8-5-3-4-6-9(8)10(12)13/h3-6,10,13H,7H2,1-2H3. The molecular formula is C12H14O3. The first kappa shape index (κ1) is 10.2. The van der Waals surface area contributed by atoms with Crippen LogP contribution in [0.1, 0.15) is 24.2 Å². The first-order chi connectivity index (χ1) is 7.09. The van der Waals surface area contributed by atoms with Crippen molar-refractivity contribution in [2.24, 2.45) is 5.41 Å². The summed E-state index contributed by atoms with van der Waals surface area (Å²) >= 11 is 0. The lowest BCUT2D eigenvalue weighted by molar-refractivity contribution is -0.157. The normalized spacial score (nSPS) is 28.6. The molecule has 0 bridgehead atoms. The van der Waals surface area contributed by atoms with Crippen LogP contribution in [0.25, 0.3) is 0 Å². The number of hydrogen-bond acceptors (Lipinski definition) is 3. The third-order valence-corrected chi connectivity index (χ3v) is 3.16. The summed E-state index contributed by atoms with van der Waals surface area (Å²) in [4.78, 5) is 11.6. The number of hydrogen-bond donors (Lipinski definition) is 1. The quantitative estimate of drug-likeness (QED) is 0.707. The minimum atomic E-state index is -0.835. The average molecular weight is 206 g/mol. The number of aliphatic hydroxyl groups excluding tert-OH is 1. The van der Waals surface area contributed by atoms with E-state index in [1.807, 2.05) is 24.3 Å². The lowest BCUT2D eigenvalue weighted by atomic mass is 9.85. The number of rotatable bonds is 1. The van der Waals surface area contributed by atoms with Crippen molar-refractivity contribution in [3.63, 3.8) is 0 Å². The molecule has 2 unspecified atom stereocenters. The van der Waals surface area contributed by atoms with E-state index in [1.165, 1.54) is 7.11 Å². The molecule has 0 radical (unpaired) electrons. The third kappa shape index (κ3) is 1.35. The van der Waals surface area contributed by atoms with Gasteiger partial charge in [-0.05, 0) is 24.5 Å². The zero-order valence-electron chi connectivity index (χ0n) is 8.86. The Labute approximate surface area is 88.7 Å². The molecule has 0 saturated heterocycles. The van der Waals surface area contributed by atoms with Crippen LogP contribution < -0.4 is 0 Å². The molecule has 1 aromatic rings. The van der Waals surface area contributed by atoms with E-state index >= 15 is 0 Å². The van der Waals surface area contributed by atoms with Crippen LogP contribution in [0.5, 0.6) is 0 Å². The van der Waals surface area contributed by atoms with Crippen molar-refractivity contribution in [1.82, 2.24) is 0 Å². The van der Waals surface area contributed by atoms with Gasteiger partial charge in [0.15, 0.2) is 0 Å². The van der Waals surface area contributed by atoms with Gasteiger partial charge in [0, 0.05) is 0 Å². The van der Waals surface area contributed by atoms with Gasteiger partial charge in [-0.15, -0.1) is 0 Å². The zero-order valence-corrected chi connectivity index (χ0v) is 8.86. The van der Waals surface area contributed by atoms with E-state index < -0.39 is 11.5 Å². The van der Waals surface area contributed by atoms with Gasteiger partial charge < -0.3 is 9.84 Å². The number of carbonyl (C=O) groups is 1. The Morgan fingerprint density at radius 3 is 2.80 bits per heavy atom. The Hall–Kier alpha value is -1.35. The second-order valence-corrected chi connectivity index (χ2v) is 4.19. The van der Waals surface area contributed by atoms with E-state index in [9.17, 15) is 9.90 Å². The fourth-order valence-corrected chi connectivity index (χ4v) is 2.21. The van der Waals surface area contributed by atoms with Gasteiger partial charge >= 0.3 is 5.97 Å². The molecule has 1 N–H and O–H groups in total. The number of aliphatic hydroxyl groups is 1. The summed E-state index contributed by atoms with van der Waals surface area (Å²) in [5.41, 5.74) is 1.03. The lowest BCUT2D eigenvalue weighted by Gasteiger charge is -2.24. The Bertz CT molecular complexity index is 400. The predicted octanol–water partition coefficient (Wildman–Crippen LogP) is 1.46. The summed E-state index contributed by atoms with van der Waals surface area (Å²) in [6.45, 7) is 1.74. The average Bonchev–Trinajstić information content (AvgIpc) is 2.52. The van der Waals surface area contributed by atoms with Gasteiger partial charge in [0.1, 0.15) is 0 Å². The number of benzene rings is 1. The molecule has 3 heteroatoms. The summed E-state index contributed by atoms with van der Waals surface area (Å²) in [5, 5.41) is 10.1. The fraction of sp³-hybridized carbons (Fsp3) is 0.417. The van der Waals surface area contributed by atoms with Crippen molar-refractivity contribution in [1.29, 1.82) is 0 Å². The van der Waals surface area contributed by atoms with Crippen molar-refractivity contribution in [2.75, 3.05) is 7.11 Å². The Balaban J connectivity index is 2.42. The van der Waals surface area contributed by atoms with E-state index in [2.05, 4.69) is 0 Å². The highest BCUT2D eigenvalue weighted by atomic mass is 16.5. The molecule has 1 aromatic carbocycles. The van der Waals surface area contributed by atoms with Crippen LogP contribution in [0.15, 0.2) is 24.3 Å². The minimum absolute atomic E-state index is 0.355. The van der Waals surface area contributed by atoms with Crippen LogP contribution in [-0.4, -0.2) is 18.2 Å². The van der Waals surface area contributed by atoms with Gasteiger partial charge in [0.05, 0.1) is 18.6 Å². The Morgan fingerprint density at radius 2 is 2.20 bits per heavy atom. The predicted molar refractivity (Wildman–Crippen MR) is 55.2 cm³/mol. The molecule has 2 rings (SSSR count). The molecule has 1 aliphatic carbocycles. The Kier molecular flexibility index (Phi) is 2.27. The van der Waals surface area contributed by atoms with Gasteiger partial charge in [-0.2, -0.15) is 0 Å². The molecule has 80 valence electrons. The number of esters is 1. The Morgan fingerprint density at radius 1 is 1.53 bits per heavy atom. The largest absolute Gasteiger partial charge is 0.469 e. The van der Waals surface area contributed by atoms with Gasteiger partial charge in [-0.1, -0.05) is 24.3 Å². The summed E-state index contributed by atoms with van der Waals surface area (Å²) < 4.78 is 4.74. The smallest absolute Gasteiger partial charge is 0.314 e. The van der Waals surface area contributed by atoms with E-state index in [0.717, 1.165) is 11.1 Å². The van der Waals surface area contributed by atoms with Gasteiger partial charge in [0.25, 0.3) is 0 Å². The molecule has 0 aliphatic heterocycles. The molecule has 2 atom stereocenters. The summed E-state index contributed by atoms with van der Waals surface area (Å²) in [6, 6.07) is 7.57. The molecule has 0 fully saturated rings. The highest BCUT2D eigenvalue weighted by Gasteiger charge is 2.48. The van der Waals surface area contributed by atoms with Crippen LogP contribution in [-0.2, 0) is 16.0 Å². The van der Waals surface area contributed by atoms with Gasteiger partial charge in [0.2, 0.25) is 0 Å². The third-order valence-electron chi connectivity index (χ3n) is 3.16. The summed E-state index contributed by atoms with van der Waals surface area (Å²) in [7, 11) is 1.35. The molecule has 0 heterocycles. The number of ether oxygens (including phenoxy) is 1. The van der Waals surface area contributed by atoms with Crippen molar-refractivity contribution in [3.05, 3.63) is 35.4 Å². The van der Waals surface area contributed by atoms with Crippen LogP contribution in [0, 0.1) is 5.41 Å². The maximum atomic E-state index is 11.6. The molecule has 0 spiro atoms. The molecule has 0 amide bonds. The molecule has 0 aromatic heterocycles. The van der Waals surface area contributed by atoms with Crippen molar-refractivity contribution in [2.45, 2.75) is 19.4 Å². The second kappa shape index (κ2) is 3.35. The highest BCUT2D eigenvalue weighted by molar-refractivity contribution is 5.79. The second-order valence-electron chi connectivity index (χ2n) is 4.19. The molecule has 15 heavy (non-hydrogen) atoms. The molecule has 0 saturated carbocycles. The van der Waals surface area contributed by atoms with E-state index in [-0.39, 0.29) is 5.97 Å². The van der Waals surface area contributed by atoms with E-state index in [4.69, 9.17) is 4.74 Å². The van der Waals surface area contributed by atoms with Crippen LogP contribution in [0.2, 0.25) is 0 Å². The first-order valence-electron chi connectivity index (χ1n) is 4.94. The number of methoxy groups -OCH3 is 1. The van der Waals surface area contributed by atoms with E-state index in [1.54, 1.807) is 6.92 Å². The van der Waals surface area contributed by atoms with Gasteiger partial charge in [-0.3, -0.25) is 4.79 Å². The molecule has 1 aliphatic rings. The minimum Gasteiger partial charge on any atom is -0.469 e. The topological polar surface area (TPSA) is 46.5 Å². The van der Waals surface area contributed by atoms with Crippen molar-refractivity contribution in [3.8, 4) is 0 Å². The number of fused-ring (bicyclic) bond motifs is 1. The monoisotopic (exact) mass is 206 g/mol.